The van der Waals surface area contributed by atoms with E-state index in [1.165, 1.54) is 63.4 Å². The van der Waals surface area contributed by atoms with Crippen molar-refractivity contribution in [1.82, 2.24) is 0 Å². The van der Waals surface area contributed by atoms with E-state index in [-0.39, 0.29) is 22.0 Å². The van der Waals surface area contributed by atoms with Crippen molar-refractivity contribution >= 4 is 45.0 Å². The number of carboxylic acids is 1. The van der Waals surface area contributed by atoms with Crippen LogP contribution in [0.4, 0.5) is 16.2 Å². The second kappa shape index (κ2) is 6.68. The molecule has 1 N–H and O–H groups in total. The Bertz CT molecular complexity index is 1070. The van der Waals surface area contributed by atoms with E-state index in [0.717, 1.165) is 4.90 Å². The second-order valence-electron chi connectivity index (χ2n) is 6.63. The molecule has 0 aromatic heterocycles. The van der Waals surface area contributed by atoms with Gasteiger partial charge >= 0.3 is 12.0 Å². The third kappa shape index (κ3) is 3.27. The lowest BCUT2D eigenvalue weighted by Crippen LogP contribution is -2.49. The largest absolute Gasteiger partial charge is 0.478 e. The number of fused-ring (bicyclic) bond motifs is 1. The standard InChI is InChI=1S/C18H17ClN2O6S/c1-18(2,16(22)23)27-13-8-9-15-14(10-13)20(3)17(24)21(28(15,25)26)12-6-4-11(19)5-7-12/h4-10H,1-3H3,(H,22,23). The fourth-order valence-corrected chi connectivity index (χ4v) is 4.40. The number of rotatable bonds is 4. The monoisotopic (exact) mass is 424 g/mol. The predicted octanol–water partition coefficient (Wildman–Crippen LogP) is 3.35. The van der Waals surface area contributed by atoms with Crippen LogP contribution in [-0.4, -0.2) is 38.2 Å². The number of anilines is 2. The molecule has 0 radical (unpaired) electrons. The van der Waals surface area contributed by atoms with Crippen LogP contribution in [0.2, 0.25) is 5.02 Å². The molecule has 2 aromatic rings. The van der Waals surface area contributed by atoms with E-state index in [0.29, 0.717) is 9.33 Å². The van der Waals surface area contributed by atoms with Gasteiger partial charge in [-0.25, -0.2) is 18.0 Å². The highest BCUT2D eigenvalue weighted by atomic mass is 35.5. The molecule has 3 rings (SSSR count). The van der Waals surface area contributed by atoms with Gasteiger partial charge in [-0.05, 0) is 50.2 Å². The topological polar surface area (TPSA) is 104 Å². The van der Waals surface area contributed by atoms with Crippen LogP contribution in [0.5, 0.6) is 5.75 Å². The molecule has 8 nitrogen and oxygen atoms in total. The van der Waals surface area contributed by atoms with Gasteiger partial charge in [0.05, 0.1) is 11.4 Å². The third-order valence-electron chi connectivity index (χ3n) is 4.22. The van der Waals surface area contributed by atoms with Crippen LogP contribution >= 0.6 is 11.6 Å². The number of carboxylic acid groups (broad SMARTS) is 1. The molecule has 10 heteroatoms. The minimum Gasteiger partial charge on any atom is -0.478 e. The zero-order valence-electron chi connectivity index (χ0n) is 15.2. The van der Waals surface area contributed by atoms with Gasteiger partial charge in [-0.15, -0.1) is 0 Å². The molecule has 2 aromatic carbocycles. The minimum absolute atomic E-state index is 0.0916. The van der Waals surface area contributed by atoms with E-state index in [2.05, 4.69) is 0 Å². The van der Waals surface area contributed by atoms with Gasteiger partial charge in [0.1, 0.15) is 10.6 Å². The van der Waals surface area contributed by atoms with Crippen molar-refractivity contribution in [2.24, 2.45) is 0 Å². The maximum Gasteiger partial charge on any atom is 0.347 e. The Kier molecular flexibility index (Phi) is 4.76. The number of nitrogens with zero attached hydrogens (tertiary/aromatic N) is 2. The van der Waals surface area contributed by atoms with E-state index >= 15 is 0 Å². The second-order valence-corrected chi connectivity index (χ2v) is 8.83. The van der Waals surface area contributed by atoms with E-state index in [1.807, 2.05) is 0 Å². The molecular formula is C18H17ClN2O6S. The molecule has 0 saturated heterocycles. The molecule has 148 valence electrons. The number of carbonyl (C=O) groups is 2. The Hall–Kier alpha value is -2.78. The van der Waals surface area contributed by atoms with E-state index < -0.39 is 27.6 Å². The molecule has 1 heterocycles. The number of halogens is 1. The van der Waals surface area contributed by atoms with Gasteiger partial charge in [0.2, 0.25) is 0 Å². The fourth-order valence-electron chi connectivity index (χ4n) is 2.65. The van der Waals surface area contributed by atoms with Crippen LogP contribution in [0, 0.1) is 0 Å². The number of ether oxygens (including phenoxy) is 1. The summed E-state index contributed by atoms with van der Waals surface area (Å²) >= 11 is 5.84. The highest BCUT2D eigenvalue weighted by molar-refractivity contribution is 7.94. The summed E-state index contributed by atoms with van der Waals surface area (Å²) in [7, 11) is -2.76. The zero-order chi connectivity index (χ0) is 20.9. The van der Waals surface area contributed by atoms with Crippen LogP contribution < -0.4 is 13.9 Å². The number of hydrogen-bond donors (Lipinski definition) is 1. The molecule has 0 aliphatic carbocycles. The molecule has 0 bridgehead atoms. The van der Waals surface area contributed by atoms with E-state index in [1.54, 1.807) is 0 Å². The molecule has 0 atom stereocenters. The van der Waals surface area contributed by atoms with E-state index in [4.69, 9.17) is 16.3 Å². The Labute approximate surface area is 166 Å². The first-order valence-electron chi connectivity index (χ1n) is 8.10. The van der Waals surface area contributed by atoms with Gasteiger partial charge in [-0.3, -0.25) is 4.90 Å². The summed E-state index contributed by atoms with van der Waals surface area (Å²) in [6.07, 6.45) is 0. The van der Waals surface area contributed by atoms with E-state index in [9.17, 15) is 23.1 Å². The van der Waals surface area contributed by atoms with Crippen molar-refractivity contribution in [1.29, 1.82) is 0 Å². The van der Waals surface area contributed by atoms with Crippen molar-refractivity contribution in [2.45, 2.75) is 24.3 Å². The molecule has 2 amide bonds. The SMILES string of the molecule is CN1C(=O)N(c2ccc(Cl)cc2)S(=O)(=O)c2ccc(OC(C)(C)C(=O)O)cc21. The maximum absolute atomic E-state index is 13.1. The normalized spacial score (nSPS) is 15.9. The Morgan fingerprint density at radius 2 is 1.75 bits per heavy atom. The molecule has 1 aliphatic heterocycles. The molecule has 0 fully saturated rings. The first-order valence-corrected chi connectivity index (χ1v) is 9.92. The number of urea groups is 1. The summed E-state index contributed by atoms with van der Waals surface area (Å²) in [6.45, 7) is 2.73. The quantitative estimate of drug-likeness (QED) is 0.807. The lowest BCUT2D eigenvalue weighted by Gasteiger charge is -2.34. The minimum atomic E-state index is -4.18. The maximum atomic E-state index is 13.1. The van der Waals surface area contributed by atoms with Crippen molar-refractivity contribution in [2.75, 3.05) is 16.3 Å². The summed E-state index contributed by atoms with van der Waals surface area (Å²) in [4.78, 5) is 25.1. The molecule has 0 saturated carbocycles. The van der Waals surface area contributed by atoms with Crippen LogP contribution in [0.3, 0.4) is 0 Å². The fraction of sp³-hybridized carbons (Fsp3) is 0.222. The highest BCUT2D eigenvalue weighted by Gasteiger charge is 2.41. The van der Waals surface area contributed by atoms with Gasteiger partial charge in [0.15, 0.2) is 5.60 Å². The summed E-state index contributed by atoms with van der Waals surface area (Å²) in [6, 6.07) is 9.01. The number of sulfonamides is 1. The van der Waals surface area contributed by atoms with Crippen molar-refractivity contribution in [3.63, 3.8) is 0 Å². The first kappa shape index (κ1) is 20.0. The number of aliphatic carboxylic acids is 1. The van der Waals surface area contributed by atoms with Crippen molar-refractivity contribution in [3.05, 3.63) is 47.5 Å². The summed E-state index contributed by atoms with van der Waals surface area (Å²) < 4.78 is 32.3. The number of hydrogen-bond acceptors (Lipinski definition) is 5. The van der Waals surface area contributed by atoms with Crippen LogP contribution in [0.25, 0.3) is 0 Å². The van der Waals surface area contributed by atoms with Gasteiger partial charge in [0, 0.05) is 18.1 Å². The number of amides is 2. The molecule has 1 aliphatic rings. The van der Waals surface area contributed by atoms with Crippen molar-refractivity contribution < 1.29 is 27.9 Å². The van der Waals surface area contributed by atoms with Gasteiger partial charge in [0.25, 0.3) is 10.0 Å². The average molecular weight is 425 g/mol. The third-order valence-corrected chi connectivity index (χ3v) is 6.22. The Morgan fingerprint density at radius 1 is 1.14 bits per heavy atom. The Morgan fingerprint density at radius 3 is 2.32 bits per heavy atom. The lowest BCUT2D eigenvalue weighted by molar-refractivity contribution is -0.152. The summed E-state index contributed by atoms with van der Waals surface area (Å²) in [5.74, 6) is -1.06. The van der Waals surface area contributed by atoms with Gasteiger partial charge in [-0.2, -0.15) is 4.31 Å². The average Bonchev–Trinajstić information content (AvgIpc) is 2.61. The van der Waals surface area contributed by atoms with Gasteiger partial charge < -0.3 is 9.84 Å². The van der Waals surface area contributed by atoms with Crippen LogP contribution in [0.1, 0.15) is 13.8 Å². The van der Waals surface area contributed by atoms with Crippen molar-refractivity contribution in [3.8, 4) is 5.75 Å². The Balaban J connectivity index is 2.09. The lowest BCUT2D eigenvalue weighted by atomic mass is 10.1. The van der Waals surface area contributed by atoms with Gasteiger partial charge in [-0.1, -0.05) is 11.6 Å². The number of carbonyl (C=O) groups excluding carboxylic acids is 1. The molecule has 0 unspecified atom stereocenters. The predicted molar refractivity (Wildman–Crippen MR) is 104 cm³/mol. The highest BCUT2D eigenvalue weighted by Crippen LogP contribution is 2.39. The molecule has 0 spiro atoms. The molecule has 28 heavy (non-hydrogen) atoms. The smallest absolute Gasteiger partial charge is 0.347 e. The zero-order valence-corrected chi connectivity index (χ0v) is 16.8. The first-order chi connectivity index (χ1) is 12.9. The van der Waals surface area contributed by atoms with Crippen LogP contribution in [0.15, 0.2) is 47.4 Å². The summed E-state index contributed by atoms with van der Waals surface area (Å²) in [5, 5.41) is 9.60. The summed E-state index contributed by atoms with van der Waals surface area (Å²) in [5.41, 5.74) is -1.28. The van der Waals surface area contributed by atoms with Crippen LogP contribution in [-0.2, 0) is 14.8 Å². The number of benzene rings is 2. The molecular weight excluding hydrogens is 408 g/mol.